The van der Waals surface area contributed by atoms with E-state index in [1.54, 1.807) is 18.2 Å². The smallest absolute Gasteiger partial charge is 0.228 e. The molecule has 1 rings (SSSR count). The number of hydrogen-bond acceptors (Lipinski definition) is 4. The van der Waals surface area contributed by atoms with Crippen LogP contribution in [-0.4, -0.2) is 32.1 Å². The molecule has 0 saturated carbocycles. The monoisotopic (exact) mass is 382 g/mol. The molecule has 0 aliphatic carbocycles. The number of carbonyl (C=O) groups is 1. The highest BCUT2D eigenvalue weighted by atomic mass is 31.2. The van der Waals surface area contributed by atoms with Crippen LogP contribution in [-0.2, 0) is 4.57 Å². The highest BCUT2D eigenvalue weighted by Crippen LogP contribution is 2.54. The van der Waals surface area contributed by atoms with Gasteiger partial charge in [-0.25, -0.2) is 0 Å². The fourth-order valence-corrected chi connectivity index (χ4v) is 6.71. The van der Waals surface area contributed by atoms with Crippen LogP contribution < -0.4 is 9.47 Å². The summed E-state index contributed by atoms with van der Waals surface area (Å²) in [6, 6.07) is 5.21. The Hall–Kier alpha value is -1.28. The van der Waals surface area contributed by atoms with Gasteiger partial charge in [-0.2, -0.15) is 0 Å². The summed E-state index contributed by atoms with van der Waals surface area (Å²) in [5.74, 6) is 1.06. The Bertz CT molecular complexity index is 624. The molecule has 0 aromatic heterocycles. The molecule has 0 aliphatic rings. The third-order valence-corrected chi connectivity index (χ3v) is 7.67. The molecular formula is C21H35O4P. The Morgan fingerprint density at radius 1 is 1.15 bits per heavy atom. The van der Waals surface area contributed by atoms with E-state index in [9.17, 15) is 9.36 Å². The van der Waals surface area contributed by atoms with Crippen molar-refractivity contribution >= 4 is 12.7 Å². The number of benzene rings is 1. The number of unbranched alkanes of at least 4 members (excludes halogenated alkanes) is 1. The maximum atomic E-state index is 13.8. The molecule has 148 valence electrons. The molecule has 0 fully saturated rings. The molecule has 2 unspecified atom stereocenters. The van der Waals surface area contributed by atoms with Gasteiger partial charge in [-0.1, -0.05) is 47.1 Å². The van der Waals surface area contributed by atoms with Crippen molar-refractivity contribution < 1.29 is 18.8 Å². The van der Waals surface area contributed by atoms with E-state index in [0.29, 0.717) is 29.4 Å². The minimum Gasteiger partial charge on any atom is -0.496 e. The van der Waals surface area contributed by atoms with Gasteiger partial charge in [-0.3, -0.25) is 4.79 Å². The van der Waals surface area contributed by atoms with Gasteiger partial charge in [0, 0.05) is 12.3 Å². The lowest BCUT2D eigenvalue weighted by Gasteiger charge is -2.27. The first-order valence-corrected chi connectivity index (χ1v) is 11.5. The topological polar surface area (TPSA) is 52.6 Å². The first-order valence-electron chi connectivity index (χ1n) is 9.42. The highest BCUT2D eigenvalue weighted by Gasteiger charge is 2.37. The number of methoxy groups -OCH3 is 2. The Balaban J connectivity index is 3.28. The van der Waals surface area contributed by atoms with Gasteiger partial charge in [0.25, 0.3) is 0 Å². The van der Waals surface area contributed by atoms with Crippen LogP contribution in [0.5, 0.6) is 11.5 Å². The number of hydrogen-bond donors (Lipinski definition) is 0. The lowest BCUT2D eigenvalue weighted by Crippen LogP contribution is -2.18. The Morgan fingerprint density at radius 2 is 1.69 bits per heavy atom. The summed E-state index contributed by atoms with van der Waals surface area (Å²) in [5.41, 5.74) is 0.154. The number of ether oxygens (including phenoxy) is 2. The second-order valence-corrected chi connectivity index (χ2v) is 11.4. The molecule has 0 aliphatic heterocycles. The van der Waals surface area contributed by atoms with Crippen molar-refractivity contribution in [1.29, 1.82) is 0 Å². The van der Waals surface area contributed by atoms with E-state index in [4.69, 9.17) is 9.47 Å². The third-order valence-electron chi connectivity index (χ3n) is 4.45. The van der Waals surface area contributed by atoms with Gasteiger partial charge >= 0.3 is 0 Å². The van der Waals surface area contributed by atoms with Crippen molar-refractivity contribution in [3.8, 4) is 11.5 Å². The van der Waals surface area contributed by atoms with E-state index in [-0.39, 0.29) is 16.9 Å². The van der Waals surface area contributed by atoms with E-state index in [1.807, 2.05) is 0 Å². The average Bonchev–Trinajstić information content (AvgIpc) is 2.56. The van der Waals surface area contributed by atoms with Crippen molar-refractivity contribution in [3.05, 3.63) is 23.8 Å². The number of rotatable bonds is 10. The van der Waals surface area contributed by atoms with Crippen molar-refractivity contribution in [3.63, 3.8) is 0 Å². The summed E-state index contributed by atoms with van der Waals surface area (Å²) in [7, 11) is -0.0329. The van der Waals surface area contributed by atoms with Crippen LogP contribution in [0.3, 0.4) is 0 Å². The molecular weight excluding hydrogens is 347 g/mol. The Kier molecular flexibility index (Phi) is 8.40. The molecule has 0 N–H and O–H groups in total. The van der Waals surface area contributed by atoms with Crippen LogP contribution in [0.2, 0.25) is 0 Å². The van der Waals surface area contributed by atoms with E-state index in [1.165, 1.54) is 14.2 Å². The summed E-state index contributed by atoms with van der Waals surface area (Å²) < 4.78 is 24.6. The van der Waals surface area contributed by atoms with Crippen molar-refractivity contribution in [1.82, 2.24) is 0 Å². The van der Waals surface area contributed by atoms with Crippen molar-refractivity contribution in [2.75, 3.05) is 26.5 Å². The molecule has 0 bridgehead atoms. The minimum absolute atomic E-state index is 0.139. The zero-order valence-corrected chi connectivity index (χ0v) is 18.3. The summed E-state index contributed by atoms with van der Waals surface area (Å²) >= 11 is 0. The van der Waals surface area contributed by atoms with Crippen molar-refractivity contribution in [2.45, 2.75) is 53.9 Å². The first kappa shape index (κ1) is 22.8. The van der Waals surface area contributed by atoms with E-state index >= 15 is 0 Å². The SMILES string of the molecule is CCCCP(=O)(CC(C)CC(C)(C)C)C(=O)c1c(OC)cccc1OC. The maximum absolute atomic E-state index is 13.8. The van der Waals surface area contributed by atoms with Gasteiger partial charge in [0.15, 0.2) is 7.14 Å². The van der Waals surface area contributed by atoms with Crippen LogP contribution >= 0.6 is 7.14 Å². The highest BCUT2D eigenvalue weighted by molar-refractivity contribution is 7.81. The minimum atomic E-state index is -3.07. The molecule has 0 amide bonds. The largest absolute Gasteiger partial charge is 0.496 e. The fraction of sp³-hybridized carbons (Fsp3) is 0.667. The molecule has 1 aromatic carbocycles. The Labute approximate surface area is 159 Å². The summed E-state index contributed by atoms with van der Waals surface area (Å²) in [6.45, 7) is 10.7. The van der Waals surface area contributed by atoms with Crippen molar-refractivity contribution in [2.24, 2.45) is 11.3 Å². The molecule has 0 spiro atoms. The van der Waals surface area contributed by atoms with Crippen LogP contribution in [0.15, 0.2) is 18.2 Å². The van der Waals surface area contributed by atoms with Gasteiger partial charge < -0.3 is 14.0 Å². The Morgan fingerprint density at radius 3 is 2.12 bits per heavy atom. The second-order valence-electron chi connectivity index (χ2n) is 8.36. The zero-order chi connectivity index (χ0) is 20.0. The molecule has 26 heavy (non-hydrogen) atoms. The summed E-state index contributed by atoms with van der Waals surface area (Å²) in [4.78, 5) is 13.4. The molecule has 2 atom stereocenters. The van der Waals surface area contributed by atoms with E-state index < -0.39 is 7.14 Å². The van der Waals surface area contributed by atoms with Gasteiger partial charge in [-0.05, 0) is 36.3 Å². The second kappa shape index (κ2) is 9.60. The van der Waals surface area contributed by atoms with Gasteiger partial charge in [0.1, 0.15) is 17.1 Å². The fourth-order valence-electron chi connectivity index (χ4n) is 3.57. The van der Waals surface area contributed by atoms with Gasteiger partial charge in [0.05, 0.1) is 14.2 Å². The lowest BCUT2D eigenvalue weighted by atomic mass is 9.86. The molecule has 1 aromatic rings. The third kappa shape index (κ3) is 6.16. The van der Waals surface area contributed by atoms with Gasteiger partial charge in [-0.15, -0.1) is 0 Å². The quantitative estimate of drug-likeness (QED) is 0.460. The molecule has 0 radical (unpaired) electrons. The predicted octanol–water partition coefficient (Wildman–Crippen LogP) is 6.08. The van der Waals surface area contributed by atoms with Crippen LogP contribution in [0, 0.1) is 11.3 Å². The number of carbonyl (C=O) groups excluding carboxylic acids is 1. The molecule has 0 saturated heterocycles. The molecule has 0 heterocycles. The predicted molar refractivity (Wildman–Crippen MR) is 109 cm³/mol. The summed E-state index contributed by atoms with van der Waals surface area (Å²) in [5, 5.41) is 0. The molecule has 5 heteroatoms. The van der Waals surface area contributed by atoms with E-state index in [2.05, 4.69) is 34.6 Å². The standard InChI is InChI=1S/C21H35O4P/c1-8-9-13-26(23,15-16(2)14-21(3,4)5)20(22)19-17(24-6)11-10-12-18(19)25-7/h10-12,16H,8-9,13-15H2,1-7H3. The zero-order valence-electron chi connectivity index (χ0n) is 17.4. The van der Waals surface area contributed by atoms with Crippen LogP contribution in [0.1, 0.15) is 64.2 Å². The van der Waals surface area contributed by atoms with E-state index in [0.717, 1.165) is 19.3 Å². The lowest BCUT2D eigenvalue weighted by molar-refractivity contribution is 0.106. The molecule has 4 nitrogen and oxygen atoms in total. The normalized spacial score (nSPS) is 15.2. The first-order chi connectivity index (χ1) is 12.1. The van der Waals surface area contributed by atoms with Crippen LogP contribution in [0.25, 0.3) is 0 Å². The average molecular weight is 382 g/mol. The summed E-state index contributed by atoms with van der Waals surface area (Å²) in [6.07, 6.45) is 3.50. The maximum Gasteiger partial charge on any atom is 0.228 e. The van der Waals surface area contributed by atoms with Crippen LogP contribution in [0.4, 0.5) is 0 Å². The van der Waals surface area contributed by atoms with Gasteiger partial charge in [0.2, 0.25) is 5.52 Å².